The third-order valence-corrected chi connectivity index (χ3v) is 3.55. The van der Waals surface area contributed by atoms with Gasteiger partial charge >= 0.3 is 0 Å². The molecule has 0 saturated carbocycles. The maximum Gasteiger partial charge on any atom is 0.149 e. The van der Waals surface area contributed by atoms with Crippen molar-refractivity contribution in [1.82, 2.24) is 9.97 Å². The topological polar surface area (TPSA) is 46.1 Å². The lowest BCUT2D eigenvalue weighted by atomic mass is 10.5. The van der Waals surface area contributed by atoms with E-state index in [1.54, 1.807) is 6.20 Å². The predicted molar refractivity (Wildman–Crippen MR) is 57.1 cm³/mol. The number of aromatic nitrogens is 2. The molecule has 0 radical (unpaired) electrons. The number of hydrogen-bond donors (Lipinski definition) is 0. The van der Waals surface area contributed by atoms with E-state index in [4.69, 9.17) is 11.6 Å². The number of nitrogens with zero attached hydrogens (tertiary/aromatic N) is 3. The second kappa shape index (κ2) is 4.23. The Bertz CT molecular complexity index is 350. The molecule has 0 bridgehead atoms. The normalized spacial score (nSPS) is 18.5. The van der Waals surface area contributed by atoms with Crippen LogP contribution in [0.5, 0.6) is 0 Å². The molecule has 0 atom stereocenters. The molecule has 0 N–H and O–H groups in total. The van der Waals surface area contributed by atoms with Crippen LogP contribution in [0.3, 0.4) is 0 Å². The molecule has 14 heavy (non-hydrogen) atoms. The van der Waals surface area contributed by atoms with Crippen molar-refractivity contribution in [2.24, 2.45) is 0 Å². The fourth-order valence-electron chi connectivity index (χ4n) is 1.35. The van der Waals surface area contributed by atoms with Gasteiger partial charge in [0.1, 0.15) is 11.0 Å². The standard InChI is InChI=1S/C8H10ClN3OS/c9-7-5-10-6-8(11-7)12-1-3-14(13)4-2-12/h5-6H,1-4H2. The Kier molecular flexibility index (Phi) is 2.98. The summed E-state index contributed by atoms with van der Waals surface area (Å²) in [6.07, 6.45) is 3.19. The molecule has 0 amide bonds. The Labute approximate surface area is 89.8 Å². The number of halogens is 1. The molecular formula is C8H10ClN3OS. The molecule has 2 rings (SSSR count). The van der Waals surface area contributed by atoms with Crippen LogP contribution in [0.25, 0.3) is 0 Å². The second-order valence-electron chi connectivity index (χ2n) is 3.04. The maximum absolute atomic E-state index is 11.1. The Balaban J connectivity index is 2.12. The lowest BCUT2D eigenvalue weighted by molar-refractivity contribution is 0.672. The molecule has 76 valence electrons. The van der Waals surface area contributed by atoms with Gasteiger partial charge in [0.25, 0.3) is 0 Å². The third kappa shape index (κ3) is 2.22. The number of anilines is 1. The van der Waals surface area contributed by atoms with Crippen LogP contribution in [0, 0.1) is 0 Å². The van der Waals surface area contributed by atoms with Gasteiger partial charge in [0.2, 0.25) is 0 Å². The highest BCUT2D eigenvalue weighted by Gasteiger charge is 2.16. The van der Waals surface area contributed by atoms with Crippen molar-refractivity contribution in [2.45, 2.75) is 0 Å². The molecule has 0 spiro atoms. The van der Waals surface area contributed by atoms with Crippen LogP contribution in [-0.2, 0) is 10.8 Å². The zero-order valence-corrected chi connectivity index (χ0v) is 9.09. The average molecular weight is 232 g/mol. The number of hydrogen-bond acceptors (Lipinski definition) is 4. The average Bonchev–Trinajstić information content (AvgIpc) is 2.19. The first kappa shape index (κ1) is 9.86. The van der Waals surface area contributed by atoms with Crippen molar-refractivity contribution in [1.29, 1.82) is 0 Å². The van der Waals surface area contributed by atoms with Crippen molar-refractivity contribution in [3.63, 3.8) is 0 Å². The highest BCUT2D eigenvalue weighted by atomic mass is 35.5. The largest absolute Gasteiger partial charge is 0.353 e. The van der Waals surface area contributed by atoms with Crippen LogP contribution in [-0.4, -0.2) is 38.8 Å². The van der Waals surface area contributed by atoms with Crippen molar-refractivity contribution in [3.05, 3.63) is 17.5 Å². The summed E-state index contributed by atoms with van der Waals surface area (Å²) in [5.41, 5.74) is 0. The summed E-state index contributed by atoms with van der Waals surface area (Å²) < 4.78 is 11.1. The summed E-state index contributed by atoms with van der Waals surface area (Å²) in [6, 6.07) is 0. The van der Waals surface area contributed by atoms with Gasteiger partial charge in [-0.3, -0.25) is 9.19 Å². The molecule has 0 aromatic carbocycles. The lowest BCUT2D eigenvalue weighted by Gasteiger charge is -2.26. The first-order valence-corrected chi connectivity index (χ1v) is 6.20. The molecule has 1 fully saturated rings. The predicted octanol–water partition coefficient (Wildman–Crippen LogP) is 0.699. The van der Waals surface area contributed by atoms with Gasteiger partial charge in [0.05, 0.1) is 12.4 Å². The fourth-order valence-corrected chi connectivity index (χ4v) is 2.55. The van der Waals surface area contributed by atoms with E-state index >= 15 is 0 Å². The summed E-state index contributed by atoms with van der Waals surface area (Å²) in [5.74, 6) is 2.18. The van der Waals surface area contributed by atoms with E-state index in [2.05, 4.69) is 14.9 Å². The van der Waals surface area contributed by atoms with Crippen molar-refractivity contribution >= 4 is 28.2 Å². The Morgan fingerprint density at radius 3 is 2.71 bits per heavy atom. The smallest absolute Gasteiger partial charge is 0.149 e. The molecule has 6 heteroatoms. The van der Waals surface area contributed by atoms with E-state index < -0.39 is 10.8 Å². The van der Waals surface area contributed by atoms with Gasteiger partial charge in [0, 0.05) is 35.4 Å². The van der Waals surface area contributed by atoms with Crippen LogP contribution in [0.2, 0.25) is 5.15 Å². The Hall–Kier alpha value is -0.680. The van der Waals surface area contributed by atoms with Gasteiger partial charge in [-0.05, 0) is 0 Å². The molecular weight excluding hydrogens is 222 g/mol. The minimum absolute atomic E-state index is 0.397. The quantitative estimate of drug-likeness (QED) is 0.714. The van der Waals surface area contributed by atoms with E-state index in [1.165, 1.54) is 6.20 Å². The van der Waals surface area contributed by atoms with Crippen LogP contribution in [0.4, 0.5) is 5.82 Å². The zero-order chi connectivity index (χ0) is 9.97. The third-order valence-electron chi connectivity index (χ3n) is 2.09. The van der Waals surface area contributed by atoms with E-state index in [9.17, 15) is 4.21 Å². The second-order valence-corrected chi connectivity index (χ2v) is 5.12. The van der Waals surface area contributed by atoms with E-state index in [0.717, 1.165) is 18.9 Å². The minimum Gasteiger partial charge on any atom is -0.353 e. The van der Waals surface area contributed by atoms with Gasteiger partial charge in [-0.1, -0.05) is 11.6 Å². The van der Waals surface area contributed by atoms with Crippen molar-refractivity contribution in [3.8, 4) is 0 Å². The van der Waals surface area contributed by atoms with Gasteiger partial charge in [-0.2, -0.15) is 0 Å². The first-order valence-electron chi connectivity index (χ1n) is 4.33. The molecule has 0 unspecified atom stereocenters. The summed E-state index contributed by atoms with van der Waals surface area (Å²) in [5, 5.41) is 0.397. The Morgan fingerprint density at radius 2 is 2.07 bits per heavy atom. The van der Waals surface area contributed by atoms with E-state index in [0.29, 0.717) is 16.7 Å². The lowest BCUT2D eigenvalue weighted by Crippen LogP contribution is -2.38. The van der Waals surface area contributed by atoms with Crippen LogP contribution in [0.15, 0.2) is 12.4 Å². The van der Waals surface area contributed by atoms with Crippen LogP contribution < -0.4 is 4.90 Å². The molecule has 0 aliphatic carbocycles. The molecule has 1 aromatic rings. The maximum atomic E-state index is 11.1. The first-order chi connectivity index (χ1) is 6.75. The summed E-state index contributed by atoms with van der Waals surface area (Å²) in [7, 11) is -0.663. The van der Waals surface area contributed by atoms with Gasteiger partial charge in [-0.25, -0.2) is 4.98 Å². The molecule has 1 aromatic heterocycles. The van der Waals surface area contributed by atoms with Gasteiger partial charge in [-0.15, -0.1) is 0 Å². The monoisotopic (exact) mass is 231 g/mol. The summed E-state index contributed by atoms with van der Waals surface area (Å²) in [6.45, 7) is 1.53. The van der Waals surface area contributed by atoms with Crippen molar-refractivity contribution in [2.75, 3.05) is 29.5 Å². The molecule has 1 saturated heterocycles. The molecule has 1 aliphatic rings. The fraction of sp³-hybridized carbons (Fsp3) is 0.500. The summed E-state index contributed by atoms with van der Waals surface area (Å²) in [4.78, 5) is 10.2. The molecule has 2 heterocycles. The molecule has 1 aliphatic heterocycles. The zero-order valence-electron chi connectivity index (χ0n) is 7.52. The van der Waals surface area contributed by atoms with E-state index in [-0.39, 0.29) is 0 Å². The highest BCUT2D eigenvalue weighted by molar-refractivity contribution is 7.85. The highest BCUT2D eigenvalue weighted by Crippen LogP contribution is 2.14. The molecule has 4 nitrogen and oxygen atoms in total. The Morgan fingerprint density at radius 1 is 1.36 bits per heavy atom. The van der Waals surface area contributed by atoms with Crippen molar-refractivity contribution < 1.29 is 4.21 Å². The van der Waals surface area contributed by atoms with E-state index in [1.807, 2.05) is 0 Å². The SMILES string of the molecule is O=S1CCN(c2cncc(Cl)n2)CC1. The van der Waals surface area contributed by atoms with Gasteiger partial charge < -0.3 is 4.90 Å². The number of rotatable bonds is 1. The summed E-state index contributed by atoms with van der Waals surface area (Å²) >= 11 is 5.73. The minimum atomic E-state index is -0.663. The van der Waals surface area contributed by atoms with Crippen LogP contribution >= 0.6 is 11.6 Å². The van der Waals surface area contributed by atoms with Gasteiger partial charge in [0.15, 0.2) is 0 Å². The van der Waals surface area contributed by atoms with Crippen LogP contribution in [0.1, 0.15) is 0 Å².